The van der Waals surface area contributed by atoms with Crippen LogP contribution >= 0.6 is 11.6 Å². The molecule has 2 aliphatic rings. The van der Waals surface area contributed by atoms with E-state index < -0.39 is 18.0 Å². The van der Waals surface area contributed by atoms with Crippen LogP contribution in [-0.2, 0) is 9.59 Å². The molecule has 2 N–H and O–H groups in total. The Bertz CT molecular complexity index is 737. The Kier molecular flexibility index (Phi) is 4.79. The number of aliphatic carboxylic acids is 1. The van der Waals surface area contributed by atoms with Crippen molar-refractivity contribution in [3.05, 3.63) is 22.8 Å². The van der Waals surface area contributed by atoms with E-state index in [9.17, 15) is 19.5 Å². The smallest absolute Gasteiger partial charge is 0.337 e. The maximum absolute atomic E-state index is 11.8. The van der Waals surface area contributed by atoms with Gasteiger partial charge < -0.3 is 20.0 Å². The summed E-state index contributed by atoms with van der Waals surface area (Å²) in [7, 11) is 0. The lowest BCUT2D eigenvalue weighted by Crippen LogP contribution is -2.42. The Labute approximate surface area is 155 Å². The van der Waals surface area contributed by atoms with E-state index in [4.69, 9.17) is 16.7 Å². The van der Waals surface area contributed by atoms with Gasteiger partial charge in [-0.05, 0) is 30.7 Å². The SMILES string of the molecule is CC(=O)N1CC2(CCN(c3ncc(C(=O)O)cc3Cl)CC2)CC1C(=O)O. The lowest BCUT2D eigenvalue weighted by molar-refractivity contribution is -0.147. The second-order valence-electron chi connectivity index (χ2n) is 7.03. The molecule has 1 aromatic rings. The molecule has 3 heterocycles. The van der Waals surface area contributed by atoms with Gasteiger partial charge >= 0.3 is 11.9 Å². The third-order valence-corrected chi connectivity index (χ3v) is 5.67. The first kappa shape index (κ1) is 18.4. The lowest BCUT2D eigenvalue weighted by atomic mass is 9.76. The molecule has 1 unspecified atom stereocenters. The van der Waals surface area contributed by atoms with Gasteiger partial charge in [0.15, 0.2) is 0 Å². The number of rotatable bonds is 3. The first-order valence-electron chi connectivity index (χ1n) is 8.36. The van der Waals surface area contributed by atoms with E-state index in [1.54, 1.807) is 0 Å². The van der Waals surface area contributed by atoms with Crippen LogP contribution in [0.5, 0.6) is 0 Å². The predicted octanol–water partition coefficient (Wildman–Crippen LogP) is 1.73. The number of pyridine rings is 1. The molecule has 8 nitrogen and oxygen atoms in total. The number of hydrogen-bond acceptors (Lipinski definition) is 5. The van der Waals surface area contributed by atoms with Crippen molar-refractivity contribution in [2.75, 3.05) is 24.5 Å². The van der Waals surface area contributed by atoms with Gasteiger partial charge in [0.2, 0.25) is 5.91 Å². The number of carbonyl (C=O) groups excluding carboxylic acids is 1. The maximum atomic E-state index is 11.8. The van der Waals surface area contributed by atoms with Gasteiger partial charge in [0, 0.05) is 32.8 Å². The fourth-order valence-corrected chi connectivity index (χ4v) is 4.23. The number of carbonyl (C=O) groups is 3. The highest BCUT2D eigenvalue weighted by atomic mass is 35.5. The fraction of sp³-hybridized carbons (Fsp3) is 0.529. The number of amides is 1. The van der Waals surface area contributed by atoms with E-state index in [-0.39, 0.29) is 21.9 Å². The quantitative estimate of drug-likeness (QED) is 0.819. The summed E-state index contributed by atoms with van der Waals surface area (Å²) in [5.74, 6) is -1.74. The standard InChI is InChI=1S/C17H20ClN3O5/c1-10(22)21-9-17(7-13(21)16(25)26)2-4-20(5-3-17)14-12(18)6-11(8-19-14)15(23)24/h6,8,13H,2-5,7,9H2,1H3,(H,23,24)(H,25,26). The monoisotopic (exact) mass is 381 g/mol. The minimum Gasteiger partial charge on any atom is -0.480 e. The average molecular weight is 382 g/mol. The zero-order valence-electron chi connectivity index (χ0n) is 14.3. The van der Waals surface area contributed by atoms with Crippen molar-refractivity contribution < 1.29 is 24.6 Å². The molecule has 9 heteroatoms. The molecule has 1 spiro atoms. The van der Waals surface area contributed by atoms with Crippen molar-refractivity contribution in [2.45, 2.75) is 32.2 Å². The van der Waals surface area contributed by atoms with Crippen LogP contribution in [0.1, 0.15) is 36.5 Å². The molecule has 2 aliphatic heterocycles. The summed E-state index contributed by atoms with van der Waals surface area (Å²) in [4.78, 5) is 41.9. The molecule has 0 aromatic carbocycles. The number of likely N-dealkylation sites (tertiary alicyclic amines) is 1. The number of hydrogen-bond donors (Lipinski definition) is 2. The van der Waals surface area contributed by atoms with Crippen LogP contribution in [0.25, 0.3) is 0 Å². The first-order chi connectivity index (χ1) is 12.2. The molecule has 26 heavy (non-hydrogen) atoms. The summed E-state index contributed by atoms with van der Waals surface area (Å²) in [5, 5.41) is 18.7. The molecule has 3 rings (SSSR count). The van der Waals surface area contributed by atoms with Gasteiger partial charge in [0.1, 0.15) is 11.9 Å². The summed E-state index contributed by atoms with van der Waals surface area (Å²) in [6, 6.07) is 0.611. The number of anilines is 1. The van der Waals surface area contributed by atoms with Crippen molar-refractivity contribution in [3.8, 4) is 0 Å². The topological polar surface area (TPSA) is 111 Å². The minimum absolute atomic E-state index is 0.0319. The molecule has 1 atom stereocenters. The highest BCUT2D eigenvalue weighted by Gasteiger charge is 2.49. The van der Waals surface area contributed by atoms with Crippen LogP contribution in [0.2, 0.25) is 5.02 Å². The molecular weight excluding hydrogens is 362 g/mol. The molecule has 140 valence electrons. The number of nitrogens with zero attached hydrogens (tertiary/aromatic N) is 3. The summed E-state index contributed by atoms with van der Waals surface area (Å²) < 4.78 is 0. The summed E-state index contributed by atoms with van der Waals surface area (Å²) >= 11 is 6.19. The zero-order chi connectivity index (χ0) is 19.1. The summed E-state index contributed by atoms with van der Waals surface area (Å²) in [6.07, 6.45) is 3.18. The molecule has 2 fully saturated rings. The normalized spacial score (nSPS) is 21.8. The predicted molar refractivity (Wildman–Crippen MR) is 93.5 cm³/mol. The second-order valence-corrected chi connectivity index (χ2v) is 7.43. The van der Waals surface area contributed by atoms with Gasteiger partial charge in [0.25, 0.3) is 0 Å². The average Bonchev–Trinajstić information content (AvgIpc) is 2.96. The number of aromatic nitrogens is 1. The number of piperidine rings is 1. The highest BCUT2D eigenvalue weighted by Crippen LogP contribution is 2.44. The summed E-state index contributed by atoms with van der Waals surface area (Å²) in [5.41, 5.74) is -0.178. The fourth-order valence-electron chi connectivity index (χ4n) is 3.94. The lowest BCUT2D eigenvalue weighted by Gasteiger charge is -2.39. The molecule has 1 amide bonds. The van der Waals surface area contributed by atoms with E-state index in [2.05, 4.69) is 4.98 Å². The Morgan fingerprint density at radius 1 is 1.27 bits per heavy atom. The molecule has 1 aromatic heterocycles. The van der Waals surface area contributed by atoms with Crippen molar-refractivity contribution in [1.82, 2.24) is 9.88 Å². The van der Waals surface area contributed by atoms with Gasteiger partial charge in [-0.1, -0.05) is 11.6 Å². The Morgan fingerprint density at radius 2 is 1.92 bits per heavy atom. The van der Waals surface area contributed by atoms with Crippen molar-refractivity contribution in [2.24, 2.45) is 5.41 Å². The van der Waals surface area contributed by atoms with Crippen molar-refractivity contribution in [3.63, 3.8) is 0 Å². The van der Waals surface area contributed by atoms with Crippen LogP contribution in [0.4, 0.5) is 5.82 Å². The third-order valence-electron chi connectivity index (χ3n) is 5.39. The summed E-state index contributed by atoms with van der Waals surface area (Å²) in [6.45, 7) is 3.10. The minimum atomic E-state index is -1.08. The van der Waals surface area contributed by atoms with Crippen LogP contribution in [0.15, 0.2) is 12.3 Å². The Hall–Kier alpha value is -2.35. The van der Waals surface area contributed by atoms with Crippen LogP contribution < -0.4 is 4.90 Å². The number of carboxylic acid groups (broad SMARTS) is 2. The van der Waals surface area contributed by atoms with Gasteiger partial charge in [-0.15, -0.1) is 0 Å². The van der Waals surface area contributed by atoms with E-state index in [0.29, 0.717) is 31.9 Å². The number of aromatic carboxylic acids is 1. The largest absolute Gasteiger partial charge is 0.480 e. The van der Waals surface area contributed by atoms with Gasteiger partial charge in [-0.25, -0.2) is 14.6 Å². The Balaban J connectivity index is 1.72. The Morgan fingerprint density at radius 3 is 2.38 bits per heavy atom. The zero-order valence-corrected chi connectivity index (χ0v) is 15.1. The molecule has 0 bridgehead atoms. The van der Waals surface area contributed by atoms with E-state index in [1.807, 2.05) is 4.90 Å². The van der Waals surface area contributed by atoms with Crippen LogP contribution in [0.3, 0.4) is 0 Å². The van der Waals surface area contributed by atoms with E-state index in [1.165, 1.54) is 24.1 Å². The van der Waals surface area contributed by atoms with Gasteiger partial charge in [0.05, 0.1) is 10.6 Å². The van der Waals surface area contributed by atoms with Crippen molar-refractivity contribution >= 4 is 35.3 Å². The molecular formula is C17H20ClN3O5. The molecule has 0 radical (unpaired) electrons. The molecule has 2 saturated heterocycles. The van der Waals surface area contributed by atoms with Gasteiger partial charge in [-0.2, -0.15) is 0 Å². The van der Waals surface area contributed by atoms with Gasteiger partial charge in [-0.3, -0.25) is 4.79 Å². The number of carboxylic acids is 2. The van der Waals surface area contributed by atoms with Crippen LogP contribution in [-0.4, -0.2) is 63.6 Å². The van der Waals surface area contributed by atoms with E-state index >= 15 is 0 Å². The first-order valence-corrected chi connectivity index (χ1v) is 8.74. The van der Waals surface area contributed by atoms with Crippen LogP contribution in [0, 0.1) is 5.41 Å². The highest BCUT2D eigenvalue weighted by molar-refractivity contribution is 6.33. The molecule has 0 saturated carbocycles. The maximum Gasteiger partial charge on any atom is 0.337 e. The van der Waals surface area contributed by atoms with Crippen molar-refractivity contribution in [1.29, 1.82) is 0 Å². The molecule has 0 aliphatic carbocycles. The number of halogens is 1. The second kappa shape index (κ2) is 6.75. The van der Waals surface area contributed by atoms with E-state index in [0.717, 1.165) is 12.8 Å². The third kappa shape index (κ3) is 3.33.